The van der Waals surface area contributed by atoms with Crippen LogP contribution in [0.25, 0.3) is 0 Å². The molecule has 0 spiro atoms. The number of hydrogen-bond acceptors (Lipinski definition) is 3. The molecule has 1 aromatic carbocycles. The van der Waals surface area contributed by atoms with Crippen molar-refractivity contribution in [1.29, 1.82) is 0 Å². The molecule has 1 saturated heterocycles. The summed E-state index contributed by atoms with van der Waals surface area (Å²) < 4.78 is 27.5. The molecule has 0 aromatic heterocycles. The zero-order valence-corrected chi connectivity index (χ0v) is 14.4. The fourth-order valence-corrected chi connectivity index (χ4v) is 5.33. The van der Waals surface area contributed by atoms with Gasteiger partial charge in [0.15, 0.2) is 0 Å². The Balaban J connectivity index is 1.95. The average molecular weight is 336 g/mol. The summed E-state index contributed by atoms with van der Waals surface area (Å²) in [5, 5.41) is 2.59. The van der Waals surface area contributed by atoms with Crippen molar-refractivity contribution in [3.63, 3.8) is 0 Å². The number of rotatable bonds is 3. The smallest absolute Gasteiger partial charge is 0.243 e. The highest BCUT2D eigenvalue weighted by Gasteiger charge is 2.37. The molecule has 1 atom stereocenters. The van der Waals surface area contributed by atoms with Crippen molar-refractivity contribution in [3.8, 4) is 0 Å². The predicted octanol–water partition coefficient (Wildman–Crippen LogP) is 1.85. The maximum atomic E-state index is 13.0. The lowest BCUT2D eigenvalue weighted by molar-refractivity contribution is -0.125. The van der Waals surface area contributed by atoms with Gasteiger partial charge in [0.25, 0.3) is 0 Å². The minimum absolute atomic E-state index is 0.216. The quantitative estimate of drug-likeness (QED) is 0.916. The van der Waals surface area contributed by atoms with Crippen molar-refractivity contribution in [2.45, 2.75) is 55.9 Å². The van der Waals surface area contributed by atoms with E-state index in [-0.39, 0.29) is 5.91 Å². The summed E-state index contributed by atoms with van der Waals surface area (Å²) in [5.41, 5.74) is 2.41. The van der Waals surface area contributed by atoms with Crippen LogP contribution < -0.4 is 5.32 Å². The Morgan fingerprint density at radius 3 is 2.61 bits per heavy atom. The summed E-state index contributed by atoms with van der Waals surface area (Å²) in [4.78, 5) is 12.4. The SMILES string of the molecule is CNC(=O)C1CCCCN1S(=O)(=O)c1ccc2c(c1)CCCC2. The molecule has 1 N–H and O–H groups in total. The highest BCUT2D eigenvalue weighted by Crippen LogP contribution is 2.29. The van der Waals surface area contributed by atoms with Gasteiger partial charge in [0.2, 0.25) is 15.9 Å². The molecule has 2 aliphatic rings. The van der Waals surface area contributed by atoms with Crippen LogP contribution in [0.3, 0.4) is 0 Å². The number of nitrogens with zero attached hydrogens (tertiary/aromatic N) is 1. The molecule has 1 aromatic rings. The minimum atomic E-state index is -3.63. The maximum absolute atomic E-state index is 13.0. The third kappa shape index (κ3) is 3.15. The van der Waals surface area contributed by atoms with Crippen LogP contribution in [0.4, 0.5) is 0 Å². The number of nitrogens with one attached hydrogen (secondary N) is 1. The summed E-state index contributed by atoms with van der Waals surface area (Å²) in [7, 11) is -2.07. The van der Waals surface area contributed by atoms with Gasteiger partial charge in [-0.15, -0.1) is 0 Å². The zero-order valence-electron chi connectivity index (χ0n) is 13.5. The summed E-state index contributed by atoms with van der Waals surface area (Å²) in [6.45, 7) is 0.414. The first-order chi connectivity index (χ1) is 11.0. The highest BCUT2D eigenvalue weighted by atomic mass is 32.2. The number of amides is 1. The second kappa shape index (κ2) is 6.61. The van der Waals surface area contributed by atoms with E-state index in [9.17, 15) is 13.2 Å². The van der Waals surface area contributed by atoms with E-state index >= 15 is 0 Å². The number of aryl methyl sites for hydroxylation is 2. The third-order valence-electron chi connectivity index (χ3n) is 4.93. The first-order valence-electron chi connectivity index (χ1n) is 8.39. The molecule has 1 amide bonds. The van der Waals surface area contributed by atoms with Gasteiger partial charge in [-0.25, -0.2) is 8.42 Å². The molecule has 0 bridgehead atoms. The van der Waals surface area contributed by atoms with Crippen molar-refractivity contribution in [2.75, 3.05) is 13.6 Å². The largest absolute Gasteiger partial charge is 0.358 e. The monoisotopic (exact) mass is 336 g/mol. The number of carbonyl (C=O) groups excluding carboxylic acids is 1. The van der Waals surface area contributed by atoms with Crippen molar-refractivity contribution < 1.29 is 13.2 Å². The third-order valence-corrected chi connectivity index (χ3v) is 6.83. The van der Waals surface area contributed by atoms with Crippen molar-refractivity contribution in [1.82, 2.24) is 9.62 Å². The van der Waals surface area contributed by atoms with Gasteiger partial charge >= 0.3 is 0 Å². The fourth-order valence-electron chi connectivity index (χ4n) is 3.63. The molecule has 1 unspecified atom stereocenters. The van der Waals surface area contributed by atoms with Crippen molar-refractivity contribution in [2.24, 2.45) is 0 Å². The fraction of sp³-hybridized carbons (Fsp3) is 0.588. The van der Waals surface area contributed by atoms with E-state index in [1.54, 1.807) is 13.1 Å². The van der Waals surface area contributed by atoms with E-state index in [1.165, 1.54) is 16.3 Å². The van der Waals surface area contributed by atoms with Crippen LogP contribution in [-0.2, 0) is 27.7 Å². The molecule has 126 valence electrons. The molecule has 5 nitrogen and oxygen atoms in total. The van der Waals surface area contributed by atoms with E-state index in [4.69, 9.17) is 0 Å². The number of benzene rings is 1. The Kier molecular flexibility index (Phi) is 4.73. The van der Waals surface area contributed by atoms with E-state index < -0.39 is 16.1 Å². The van der Waals surface area contributed by atoms with Gasteiger partial charge in [0.05, 0.1) is 4.90 Å². The lowest BCUT2D eigenvalue weighted by atomic mass is 9.92. The first-order valence-corrected chi connectivity index (χ1v) is 9.83. The van der Waals surface area contributed by atoms with Crippen LogP contribution in [0.2, 0.25) is 0 Å². The van der Waals surface area contributed by atoms with Crippen LogP contribution >= 0.6 is 0 Å². The van der Waals surface area contributed by atoms with Gasteiger partial charge in [0, 0.05) is 13.6 Å². The molecule has 23 heavy (non-hydrogen) atoms. The molecule has 0 radical (unpaired) electrons. The summed E-state index contributed by atoms with van der Waals surface area (Å²) >= 11 is 0. The zero-order chi connectivity index (χ0) is 16.4. The van der Waals surface area contributed by atoms with E-state index in [2.05, 4.69) is 5.32 Å². The van der Waals surface area contributed by atoms with Crippen LogP contribution in [0.5, 0.6) is 0 Å². The van der Waals surface area contributed by atoms with Gasteiger partial charge in [-0.05, 0) is 61.8 Å². The van der Waals surface area contributed by atoms with E-state index in [0.717, 1.165) is 37.7 Å². The van der Waals surface area contributed by atoms with Crippen LogP contribution in [0.1, 0.15) is 43.2 Å². The molecule has 0 saturated carbocycles. The molecule has 6 heteroatoms. The van der Waals surface area contributed by atoms with Crippen LogP contribution in [-0.4, -0.2) is 38.3 Å². The van der Waals surface area contributed by atoms with Gasteiger partial charge in [-0.1, -0.05) is 12.5 Å². The Morgan fingerprint density at radius 2 is 1.87 bits per heavy atom. The molecular weight excluding hydrogens is 312 g/mol. The van der Waals surface area contributed by atoms with E-state index in [0.29, 0.717) is 17.9 Å². The number of fused-ring (bicyclic) bond motifs is 1. The minimum Gasteiger partial charge on any atom is -0.358 e. The second-order valence-electron chi connectivity index (χ2n) is 6.38. The Morgan fingerprint density at radius 1 is 1.13 bits per heavy atom. The van der Waals surface area contributed by atoms with Crippen molar-refractivity contribution in [3.05, 3.63) is 29.3 Å². The summed E-state index contributed by atoms with van der Waals surface area (Å²) in [6.07, 6.45) is 6.53. The highest BCUT2D eigenvalue weighted by molar-refractivity contribution is 7.89. The second-order valence-corrected chi connectivity index (χ2v) is 8.27. The lowest BCUT2D eigenvalue weighted by Crippen LogP contribution is -2.51. The molecule has 1 fully saturated rings. The molecule has 1 heterocycles. The number of sulfonamides is 1. The number of carbonyl (C=O) groups is 1. The normalized spacial score (nSPS) is 22.4. The van der Waals surface area contributed by atoms with Crippen LogP contribution in [0, 0.1) is 0 Å². The topological polar surface area (TPSA) is 66.5 Å². The molecular formula is C17H24N2O3S. The molecule has 3 rings (SSSR count). The summed E-state index contributed by atoms with van der Waals surface area (Å²) in [6, 6.07) is 4.88. The van der Waals surface area contributed by atoms with Crippen LogP contribution in [0.15, 0.2) is 23.1 Å². The van der Waals surface area contributed by atoms with Gasteiger partial charge in [0.1, 0.15) is 6.04 Å². The lowest BCUT2D eigenvalue weighted by Gasteiger charge is -2.33. The first kappa shape index (κ1) is 16.5. The van der Waals surface area contributed by atoms with Gasteiger partial charge in [-0.3, -0.25) is 4.79 Å². The number of hydrogen-bond donors (Lipinski definition) is 1. The standard InChI is InChI=1S/C17H24N2O3S/c1-18-17(20)16-8-4-5-11-19(16)23(21,22)15-10-9-13-6-2-3-7-14(13)12-15/h9-10,12,16H,2-8,11H2,1H3,(H,18,20). The predicted molar refractivity (Wildman–Crippen MR) is 88.7 cm³/mol. The number of likely N-dealkylation sites (N-methyl/N-ethyl adjacent to an activating group) is 1. The van der Waals surface area contributed by atoms with Gasteiger partial charge in [-0.2, -0.15) is 4.31 Å². The van der Waals surface area contributed by atoms with Gasteiger partial charge < -0.3 is 5.32 Å². The van der Waals surface area contributed by atoms with E-state index in [1.807, 2.05) is 12.1 Å². The summed E-state index contributed by atoms with van der Waals surface area (Å²) in [5.74, 6) is -0.216. The number of piperidine rings is 1. The average Bonchev–Trinajstić information content (AvgIpc) is 2.60. The van der Waals surface area contributed by atoms with Crippen molar-refractivity contribution >= 4 is 15.9 Å². The molecule has 1 aliphatic heterocycles. The Bertz CT molecular complexity index is 700. The Labute approximate surface area is 138 Å². The maximum Gasteiger partial charge on any atom is 0.243 e. The Hall–Kier alpha value is -1.40. The molecule has 1 aliphatic carbocycles.